The van der Waals surface area contributed by atoms with Gasteiger partial charge < -0.3 is 15.3 Å². The average molecular weight is 240 g/mol. The third-order valence-electron chi connectivity index (χ3n) is 5.02. The third kappa shape index (κ3) is 2.83. The van der Waals surface area contributed by atoms with E-state index in [1.165, 1.54) is 32.5 Å². The van der Waals surface area contributed by atoms with Gasteiger partial charge in [-0.1, -0.05) is 20.8 Å². The van der Waals surface area contributed by atoms with Gasteiger partial charge in [-0.3, -0.25) is 0 Å². The van der Waals surface area contributed by atoms with Gasteiger partial charge in [0.1, 0.15) is 0 Å². The SMILES string of the molecule is CCN1CCC(CNC2CC(O)C2(C)C)CC1. The summed E-state index contributed by atoms with van der Waals surface area (Å²) in [5.74, 6) is 0.839. The van der Waals surface area contributed by atoms with Gasteiger partial charge in [0.25, 0.3) is 0 Å². The highest BCUT2D eigenvalue weighted by molar-refractivity contribution is 5.01. The van der Waals surface area contributed by atoms with Crippen molar-refractivity contribution < 1.29 is 5.11 Å². The average Bonchev–Trinajstić information content (AvgIpc) is 2.35. The van der Waals surface area contributed by atoms with Crippen molar-refractivity contribution in [2.75, 3.05) is 26.2 Å². The highest BCUT2D eigenvalue weighted by Gasteiger charge is 2.46. The zero-order valence-electron chi connectivity index (χ0n) is 11.6. The topological polar surface area (TPSA) is 35.5 Å². The maximum Gasteiger partial charge on any atom is 0.0621 e. The molecule has 0 radical (unpaired) electrons. The monoisotopic (exact) mass is 240 g/mol. The summed E-state index contributed by atoms with van der Waals surface area (Å²) in [6.07, 6.45) is 3.48. The van der Waals surface area contributed by atoms with Crippen LogP contribution in [-0.4, -0.2) is 48.3 Å². The van der Waals surface area contributed by atoms with E-state index in [1.54, 1.807) is 0 Å². The Balaban J connectivity index is 1.67. The van der Waals surface area contributed by atoms with E-state index in [9.17, 15) is 5.11 Å². The molecule has 2 aliphatic rings. The lowest BCUT2D eigenvalue weighted by atomic mass is 9.64. The highest BCUT2D eigenvalue weighted by atomic mass is 16.3. The summed E-state index contributed by atoms with van der Waals surface area (Å²) in [5, 5.41) is 13.4. The molecule has 0 aromatic rings. The van der Waals surface area contributed by atoms with Crippen LogP contribution < -0.4 is 5.32 Å². The molecule has 0 spiro atoms. The molecule has 2 atom stereocenters. The van der Waals surface area contributed by atoms with E-state index in [1.807, 2.05) is 0 Å². The first-order valence-electron chi connectivity index (χ1n) is 7.17. The molecule has 1 saturated heterocycles. The van der Waals surface area contributed by atoms with E-state index in [2.05, 4.69) is 31.0 Å². The number of hydrogen-bond acceptors (Lipinski definition) is 3. The lowest BCUT2D eigenvalue weighted by molar-refractivity contribution is -0.0737. The van der Waals surface area contributed by atoms with Crippen LogP contribution in [0.5, 0.6) is 0 Å². The van der Waals surface area contributed by atoms with Crippen LogP contribution in [0.3, 0.4) is 0 Å². The fraction of sp³-hybridized carbons (Fsp3) is 1.00. The molecule has 100 valence electrons. The molecule has 2 unspecified atom stereocenters. The first-order valence-corrected chi connectivity index (χ1v) is 7.17. The fourth-order valence-corrected chi connectivity index (χ4v) is 3.06. The van der Waals surface area contributed by atoms with Crippen molar-refractivity contribution in [3.63, 3.8) is 0 Å². The second kappa shape index (κ2) is 5.25. The van der Waals surface area contributed by atoms with Crippen molar-refractivity contribution in [2.45, 2.75) is 52.2 Å². The molecule has 2 rings (SSSR count). The quantitative estimate of drug-likeness (QED) is 0.781. The normalized spacial score (nSPS) is 34.6. The molecule has 0 aromatic heterocycles. The van der Waals surface area contributed by atoms with Crippen LogP contribution in [0, 0.1) is 11.3 Å². The van der Waals surface area contributed by atoms with Crippen molar-refractivity contribution in [3.8, 4) is 0 Å². The van der Waals surface area contributed by atoms with Crippen LogP contribution in [0.1, 0.15) is 40.0 Å². The minimum atomic E-state index is -0.109. The largest absolute Gasteiger partial charge is 0.392 e. The number of piperidine rings is 1. The number of aliphatic hydroxyl groups excluding tert-OH is 1. The molecule has 1 saturated carbocycles. The predicted molar refractivity (Wildman–Crippen MR) is 71.0 cm³/mol. The summed E-state index contributed by atoms with van der Waals surface area (Å²) < 4.78 is 0. The van der Waals surface area contributed by atoms with E-state index >= 15 is 0 Å². The van der Waals surface area contributed by atoms with Crippen molar-refractivity contribution in [1.82, 2.24) is 10.2 Å². The fourth-order valence-electron chi connectivity index (χ4n) is 3.06. The number of nitrogens with one attached hydrogen (secondary N) is 1. The maximum atomic E-state index is 9.70. The third-order valence-corrected chi connectivity index (χ3v) is 5.02. The number of aliphatic hydroxyl groups is 1. The van der Waals surface area contributed by atoms with E-state index in [-0.39, 0.29) is 11.5 Å². The van der Waals surface area contributed by atoms with Gasteiger partial charge in [0.2, 0.25) is 0 Å². The van der Waals surface area contributed by atoms with Gasteiger partial charge in [-0.25, -0.2) is 0 Å². The molecule has 17 heavy (non-hydrogen) atoms. The Kier molecular flexibility index (Phi) is 4.11. The van der Waals surface area contributed by atoms with E-state index < -0.39 is 0 Å². The molecule has 1 aliphatic heterocycles. The number of nitrogens with zero attached hydrogens (tertiary/aromatic N) is 1. The zero-order chi connectivity index (χ0) is 12.5. The Hall–Kier alpha value is -0.120. The van der Waals surface area contributed by atoms with Crippen molar-refractivity contribution in [3.05, 3.63) is 0 Å². The van der Waals surface area contributed by atoms with Crippen LogP contribution in [0.25, 0.3) is 0 Å². The van der Waals surface area contributed by atoms with Crippen molar-refractivity contribution >= 4 is 0 Å². The van der Waals surface area contributed by atoms with Crippen LogP contribution in [0.15, 0.2) is 0 Å². The lowest BCUT2D eigenvalue weighted by Gasteiger charge is -2.50. The van der Waals surface area contributed by atoms with Crippen molar-refractivity contribution in [1.29, 1.82) is 0 Å². The molecule has 0 aromatic carbocycles. The Labute approximate surface area is 106 Å². The summed E-state index contributed by atoms with van der Waals surface area (Å²) in [4.78, 5) is 2.54. The second-order valence-corrected chi connectivity index (χ2v) is 6.41. The molecule has 0 amide bonds. The van der Waals surface area contributed by atoms with Crippen LogP contribution in [0.2, 0.25) is 0 Å². The summed E-state index contributed by atoms with van der Waals surface area (Å²) >= 11 is 0. The molecule has 3 heteroatoms. The van der Waals surface area contributed by atoms with E-state index in [0.717, 1.165) is 18.9 Å². The van der Waals surface area contributed by atoms with Gasteiger partial charge in [-0.15, -0.1) is 0 Å². The van der Waals surface area contributed by atoms with Gasteiger partial charge in [-0.05, 0) is 51.4 Å². The smallest absolute Gasteiger partial charge is 0.0621 e. The van der Waals surface area contributed by atoms with E-state index in [0.29, 0.717) is 6.04 Å². The maximum absolute atomic E-state index is 9.70. The zero-order valence-corrected chi connectivity index (χ0v) is 11.6. The summed E-state index contributed by atoms with van der Waals surface area (Å²) in [6.45, 7) is 11.4. The van der Waals surface area contributed by atoms with Gasteiger partial charge >= 0.3 is 0 Å². The lowest BCUT2D eigenvalue weighted by Crippen LogP contribution is -2.60. The Morgan fingerprint density at radius 3 is 2.41 bits per heavy atom. The van der Waals surface area contributed by atoms with Crippen LogP contribution >= 0.6 is 0 Å². The summed E-state index contributed by atoms with van der Waals surface area (Å²) in [6, 6.07) is 0.515. The first-order chi connectivity index (χ1) is 8.04. The van der Waals surface area contributed by atoms with Crippen LogP contribution in [0.4, 0.5) is 0 Å². The first kappa shape index (κ1) is 13.3. The standard InChI is InChI=1S/C14H28N2O/c1-4-16-7-5-11(6-8-16)10-15-12-9-13(17)14(12,2)3/h11-13,15,17H,4-10H2,1-3H3. The molecule has 2 N–H and O–H groups in total. The second-order valence-electron chi connectivity index (χ2n) is 6.41. The Bertz CT molecular complexity index is 247. The molecular weight excluding hydrogens is 212 g/mol. The molecule has 2 fully saturated rings. The highest BCUT2D eigenvalue weighted by Crippen LogP contribution is 2.40. The molecule has 1 aliphatic carbocycles. The van der Waals surface area contributed by atoms with E-state index in [4.69, 9.17) is 0 Å². The molecule has 1 heterocycles. The molecule has 0 bridgehead atoms. The molecular formula is C14H28N2O. The number of rotatable bonds is 4. The Morgan fingerprint density at radius 2 is 1.94 bits per heavy atom. The van der Waals surface area contributed by atoms with Gasteiger partial charge in [0, 0.05) is 11.5 Å². The predicted octanol–water partition coefficient (Wildman–Crippen LogP) is 1.47. The Morgan fingerprint density at radius 1 is 1.29 bits per heavy atom. The molecule has 3 nitrogen and oxygen atoms in total. The van der Waals surface area contributed by atoms with Crippen LogP contribution in [-0.2, 0) is 0 Å². The number of hydrogen-bond donors (Lipinski definition) is 2. The summed E-state index contributed by atoms with van der Waals surface area (Å²) in [7, 11) is 0. The van der Waals surface area contributed by atoms with Gasteiger partial charge in [-0.2, -0.15) is 0 Å². The van der Waals surface area contributed by atoms with Gasteiger partial charge in [0.15, 0.2) is 0 Å². The van der Waals surface area contributed by atoms with Gasteiger partial charge in [0.05, 0.1) is 6.10 Å². The minimum absolute atomic E-state index is 0.0735. The summed E-state index contributed by atoms with van der Waals surface area (Å²) in [5.41, 5.74) is 0.0735. The van der Waals surface area contributed by atoms with Crippen molar-refractivity contribution in [2.24, 2.45) is 11.3 Å². The minimum Gasteiger partial charge on any atom is -0.392 e. The number of likely N-dealkylation sites (tertiary alicyclic amines) is 1.